The number of amides is 1. The average Bonchev–Trinajstić information content (AvgIpc) is 3.12. The summed E-state index contributed by atoms with van der Waals surface area (Å²) in [6, 6.07) is 8.89. The lowest BCUT2D eigenvalue weighted by molar-refractivity contribution is -0.120. The lowest BCUT2D eigenvalue weighted by Gasteiger charge is -2.37. The fraction of sp³-hybridized carbons (Fsp3) is 0.667. The molecular weight excluding hydrogens is 326 g/mol. The van der Waals surface area contributed by atoms with Gasteiger partial charge in [0, 0.05) is 31.4 Å². The Morgan fingerprint density at radius 1 is 1.08 bits per heavy atom. The van der Waals surface area contributed by atoms with Gasteiger partial charge in [-0.1, -0.05) is 24.6 Å². The second-order valence-electron chi connectivity index (χ2n) is 7.79. The first-order valence-corrected chi connectivity index (χ1v) is 10.2. The van der Waals surface area contributed by atoms with E-state index in [1.54, 1.807) is 0 Å². The quantitative estimate of drug-likeness (QED) is 0.809. The molecule has 0 aliphatic carbocycles. The number of likely N-dealkylation sites (tertiary alicyclic amines) is 1. The van der Waals surface area contributed by atoms with E-state index in [1.165, 1.54) is 31.2 Å². The molecule has 0 saturated carbocycles. The molecule has 5 heteroatoms. The number of benzene rings is 1. The largest absolute Gasteiger partial charge is 0.379 e. The van der Waals surface area contributed by atoms with E-state index < -0.39 is 0 Å². The van der Waals surface area contributed by atoms with Crippen molar-refractivity contribution in [3.63, 3.8) is 0 Å². The van der Waals surface area contributed by atoms with Gasteiger partial charge in [0.25, 0.3) is 0 Å². The van der Waals surface area contributed by atoms with Crippen LogP contribution in [0.15, 0.2) is 24.3 Å². The predicted octanol–water partition coefficient (Wildman–Crippen LogP) is 2.15. The maximum atomic E-state index is 13.0. The van der Waals surface area contributed by atoms with Crippen LogP contribution in [0.3, 0.4) is 0 Å². The molecule has 0 unspecified atom stereocenters. The monoisotopic (exact) mass is 357 g/mol. The zero-order chi connectivity index (χ0) is 17.8. The summed E-state index contributed by atoms with van der Waals surface area (Å²) >= 11 is 0. The molecule has 3 aliphatic heterocycles. The van der Waals surface area contributed by atoms with Gasteiger partial charge in [-0.3, -0.25) is 14.6 Å². The summed E-state index contributed by atoms with van der Waals surface area (Å²) in [6.45, 7) is 7.43. The van der Waals surface area contributed by atoms with Gasteiger partial charge in [0.15, 0.2) is 0 Å². The van der Waals surface area contributed by atoms with Gasteiger partial charge in [-0.2, -0.15) is 0 Å². The van der Waals surface area contributed by atoms with Crippen LogP contribution >= 0.6 is 0 Å². The molecule has 3 heterocycles. The minimum atomic E-state index is 0.272. The highest BCUT2D eigenvalue weighted by Gasteiger charge is 2.29. The fourth-order valence-electron chi connectivity index (χ4n) is 4.61. The minimum absolute atomic E-state index is 0.272. The Bertz CT molecular complexity index is 615. The third-order valence-electron chi connectivity index (χ3n) is 6.16. The summed E-state index contributed by atoms with van der Waals surface area (Å²) in [6.07, 6.45) is 5.91. The fourth-order valence-corrected chi connectivity index (χ4v) is 4.61. The number of anilines is 1. The minimum Gasteiger partial charge on any atom is -0.379 e. The van der Waals surface area contributed by atoms with Crippen molar-refractivity contribution >= 4 is 11.6 Å². The molecule has 0 spiro atoms. The summed E-state index contributed by atoms with van der Waals surface area (Å²) < 4.78 is 5.45. The van der Waals surface area contributed by atoms with Crippen LogP contribution < -0.4 is 4.90 Å². The molecule has 3 aliphatic rings. The number of ether oxygens (including phenoxy) is 1. The van der Waals surface area contributed by atoms with Crippen molar-refractivity contribution in [2.75, 3.05) is 57.4 Å². The summed E-state index contributed by atoms with van der Waals surface area (Å²) in [5, 5.41) is 0. The van der Waals surface area contributed by atoms with E-state index in [1.807, 2.05) is 11.0 Å². The van der Waals surface area contributed by atoms with Crippen LogP contribution in [0, 0.1) is 0 Å². The Balaban J connectivity index is 1.33. The molecule has 2 fully saturated rings. The summed E-state index contributed by atoms with van der Waals surface area (Å²) in [4.78, 5) is 19.9. The highest BCUT2D eigenvalue weighted by atomic mass is 16.5. The number of hydrogen-bond acceptors (Lipinski definition) is 4. The van der Waals surface area contributed by atoms with Gasteiger partial charge in [-0.05, 0) is 50.4 Å². The Hall–Kier alpha value is -1.43. The van der Waals surface area contributed by atoms with Crippen molar-refractivity contribution in [2.45, 2.75) is 38.1 Å². The number of fused-ring (bicyclic) bond motifs is 1. The molecule has 0 aromatic heterocycles. The molecule has 1 aromatic rings. The topological polar surface area (TPSA) is 36.0 Å². The lowest BCUT2D eigenvalue weighted by Crippen LogP contribution is -2.48. The second-order valence-corrected chi connectivity index (χ2v) is 7.79. The molecule has 0 bridgehead atoms. The molecule has 4 rings (SSSR count). The number of rotatable bonds is 5. The Kier molecular flexibility index (Phi) is 5.88. The second kappa shape index (κ2) is 8.51. The lowest BCUT2D eigenvalue weighted by atomic mass is 9.99. The summed E-state index contributed by atoms with van der Waals surface area (Å²) in [7, 11) is 0. The molecule has 2 saturated heterocycles. The van der Waals surface area contributed by atoms with Crippen molar-refractivity contribution < 1.29 is 9.53 Å². The van der Waals surface area contributed by atoms with E-state index in [0.29, 0.717) is 12.6 Å². The van der Waals surface area contributed by atoms with Gasteiger partial charge in [0.2, 0.25) is 5.91 Å². The van der Waals surface area contributed by atoms with E-state index in [-0.39, 0.29) is 5.91 Å². The van der Waals surface area contributed by atoms with Gasteiger partial charge < -0.3 is 9.64 Å². The Morgan fingerprint density at radius 3 is 2.81 bits per heavy atom. The average molecular weight is 357 g/mol. The number of para-hydroxylation sites is 1. The van der Waals surface area contributed by atoms with E-state index in [0.717, 1.165) is 58.0 Å². The number of hydrogen-bond donors (Lipinski definition) is 0. The zero-order valence-corrected chi connectivity index (χ0v) is 15.7. The van der Waals surface area contributed by atoms with Crippen molar-refractivity contribution in [1.29, 1.82) is 0 Å². The predicted molar refractivity (Wildman–Crippen MR) is 104 cm³/mol. The molecule has 1 atom stereocenters. The van der Waals surface area contributed by atoms with Crippen LogP contribution in [0.4, 0.5) is 5.69 Å². The highest BCUT2D eigenvalue weighted by molar-refractivity contribution is 5.96. The molecule has 1 aromatic carbocycles. The van der Waals surface area contributed by atoms with Crippen LogP contribution in [0.5, 0.6) is 0 Å². The van der Waals surface area contributed by atoms with E-state index in [4.69, 9.17) is 4.74 Å². The maximum absolute atomic E-state index is 13.0. The van der Waals surface area contributed by atoms with Gasteiger partial charge in [-0.25, -0.2) is 0 Å². The van der Waals surface area contributed by atoms with E-state index >= 15 is 0 Å². The smallest absolute Gasteiger partial charge is 0.241 e. The maximum Gasteiger partial charge on any atom is 0.241 e. The molecule has 1 amide bonds. The van der Waals surface area contributed by atoms with Crippen LogP contribution in [-0.2, 0) is 16.0 Å². The number of carbonyl (C=O) groups excluding carboxylic acids is 1. The van der Waals surface area contributed by atoms with Crippen molar-refractivity contribution in [3.05, 3.63) is 29.8 Å². The molecule has 142 valence electrons. The first-order valence-electron chi connectivity index (χ1n) is 10.2. The molecule has 26 heavy (non-hydrogen) atoms. The van der Waals surface area contributed by atoms with Crippen molar-refractivity contribution in [1.82, 2.24) is 9.80 Å². The zero-order valence-electron chi connectivity index (χ0n) is 15.7. The van der Waals surface area contributed by atoms with E-state index in [9.17, 15) is 4.79 Å². The summed E-state index contributed by atoms with van der Waals surface area (Å²) in [5.74, 6) is 0.272. The summed E-state index contributed by atoms with van der Waals surface area (Å²) in [5.41, 5.74) is 2.43. The third-order valence-corrected chi connectivity index (χ3v) is 6.16. The van der Waals surface area contributed by atoms with Crippen LogP contribution in [0.1, 0.15) is 31.2 Å². The number of morpholine rings is 1. The molecule has 0 radical (unpaired) electrons. The Morgan fingerprint density at radius 2 is 1.92 bits per heavy atom. The number of carbonyl (C=O) groups is 1. The third kappa shape index (κ3) is 4.11. The molecule has 0 N–H and O–H groups in total. The Labute approximate surface area is 156 Å². The van der Waals surface area contributed by atoms with Gasteiger partial charge in [0.05, 0.1) is 19.8 Å². The van der Waals surface area contributed by atoms with Gasteiger partial charge in [-0.15, -0.1) is 0 Å². The number of piperidine rings is 1. The van der Waals surface area contributed by atoms with Crippen LogP contribution in [-0.4, -0.2) is 74.2 Å². The standard InChI is InChI=1S/C21H31N3O2/c25-21(24-12-8-18-5-1-2-7-20(18)24)17-23-10-4-3-6-19(23)9-11-22-13-15-26-16-14-22/h1-2,5,7,19H,3-4,6,8-17H2/t19-/m1/s1. The molecule has 5 nitrogen and oxygen atoms in total. The van der Waals surface area contributed by atoms with E-state index in [2.05, 4.69) is 28.0 Å². The van der Waals surface area contributed by atoms with Crippen molar-refractivity contribution in [3.8, 4) is 0 Å². The SMILES string of the molecule is O=C(CN1CCCC[C@@H]1CCN1CCOCC1)N1CCc2ccccc21. The van der Waals surface area contributed by atoms with Gasteiger partial charge >= 0.3 is 0 Å². The number of nitrogens with zero attached hydrogens (tertiary/aromatic N) is 3. The highest BCUT2D eigenvalue weighted by Crippen LogP contribution is 2.28. The van der Waals surface area contributed by atoms with Crippen LogP contribution in [0.25, 0.3) is 0 Å². The molecular formula is C21H31N3O2. The first kappa shape index (κ1) is 18.0. The van der Waals surface area contributed by atoms with Gasteiger partial charge in [0.1, 0.15) is 0 Å². The van der Waals surface area contributed by atoms with Crippen molar-refractivity contribution in [2.24, 2.45) is 0 Å². The van der Waals surface area contributed by atoms with Crippen LogP contribution in [0.2, 0.25) is 0 Å². The first-order chi connectivity index (χ1) is 12.8. The normalized spacial score (nSPS) is 24.6.